The van der Waals surface area contributed by atoms with E-state index in [1.54, 1.807) is 0 Å². The number of allylic oxidation sites excluding steroid dienone is 3. The van der Waals surface area contributed by atoms with E-state index in [1.807, 2.05) is 42.6 Å². The van der Waals surface area contributed by atoms with Crippen LogP contribution >= 0.6 is 0 Å². The van der Waals surface area contributed by atoms with Crippen LogP contribution in [0.4, 0.5) is 0 Å². The third-order valence-corrected chi connectivity index (χ3v) is 4.23. The first-order valence-corrected chi connectivity index (χ1v) is 9.06. The zero-order valence-corrected chi connectivity index (χ0v) is 16.2. The molecule has 1 aromatic carbocycles. The second kappa shape index (κ2) is 9.09. The minimum absolute atomic E-state index is 0.310. The van der Waals surface area contributed by atoms with E-state index in [1.165, 1.54) is 0 Å². The molecule has 4 nitrogen and oxygen atoms in total. The maximum atomic E-state index is 5.94. The average Bonchev–Trinajstić information content (AvgIpc) is 2.96. The van der Waals surface area contributed by atoms with E-state index in [2.05, 4.69) is 51.5 Å². The number of para-hydroxylation sites is 1. The molecular formula is C22H29N3O. The van der Waals surface area contributed by atoms with Crippen LogP contribution in [0.25, 0.3) is 0 Å². The number of rotatable bonds is 8. The first kappa shape index (κ1) is 19.6. The number of hydrogen-bond acceptors (Lipinski definition) is 4. The quantitative estimate of drug-likeness (QED) is 0.654. The molecule has 1 atom stereocenters. The van der Waals surface area contributed by atoms with Crippen molar-refractivity contribution in [3.05, 3.63) is 78.6 Å². The van der Waals surface area contributed by atoms with Crippen LogP contribution in [0.15, 0.2) is 83.6 Å². The fourth-order valence-electron chi connectivity index (χ4n) is 2.34. The summed E-state index contributed by atoms with van der Waals surface area (Å²) in [7, 11) is 0. The molecule has 0 spiro atoms. The number of nitrogens with one attached hydrogen (secondary N) is 2. The molecule has 0 saturated heterocycles. The molecule has 2 rings (SSSR count). The zero-order valence-electron chi connectivity index (χ0n) is 16.2. The van der Waals surface area contributed by atoms with Crippen molar-refractivity contribution in [2.45, 2.75) is 40.2 Å². The van der Waals surface area contributed by atoms with Gasteiger partial charge in [-0.25, -0.2) is 4.99 Å². The molecule has 1 heterocycles. The first-order chi connectivity index (χ1) is 12.4. The molecule has 26 heavy (non-hydrogen) atoms. The van der Waals surface area contributed by atoms with Crippen molar-refractivity contribution >= 4 is 5.71 Å². The van der Waals surface area contributed by atoms with Gasteiger partial charge in [0.2, 0.25) is 5.88 Å². The Morgan fingerprint density at radius 2 is 1.96 bits per heavy atom. The van der Waals surface area contributed by atoms with E-state index in [0.717, 1.165) is 34.8 Å². The van der Waals surface area contributed by atoms with Crippen LogP contribution in [0.3, 0.4) is 0 Å². The SMILES string of the molecule is C=C(N[C@@H](C)C(C)C)C1=CNC(=C)/C1=N\C(=C/CC)Oc1ccccc1. The lowest BCUT2D eigenvalue weighted by molar-refractivity contribution is 0.418. The van der Waals surface area contributed by atoms with Crippen molar-refractivity contribution in [2.75, 3.05) is 0 Å². The smallest absolute Gasteiger partial charge is 0.215 e. The minimum Gasteiger partial charge on any atom is -0.439 e. The minimum atomic E-state index is 0.310. The normalized spacial score (nSPS) is 17.1. The van der Waals surface area contributed by atoms with Crippen LogP contribution in [0.5, 0.6) is 5.75 Å². The third-order valence-electron chi connectivity index (χ3n) is 4.23. The largest absolute Gasteiger partial charge is 0.439 e. The van der Waals surface area contributed by atoms with E-state index in [9.17, 15) is 0 Å². The predicted octanol–water partition coefficient (Wildman–Crippen LogP) is 4.91. The standard InChI is InChI=1S/C22H29N3O/c1-7-11-21(26-19-12-9-8-10-13-19)25-22-18(6)23-14-20(22)17(5)24-16(4)15(2)3/h8-16,23-24H,5-7H2,1-4H3/b21-11+,25-22+/t16-/m0/s1. The van der Waals surface area contributed by atoms with E-state index in [-0.39, 0.29) is 0 Å². The third kappa shape index (κ3) is 5.12. The zero-order chi connectivity index (χ0) is 19.1. The lowest BCUT2D eigenvalue weighted by Crippen LogP contribution is -2.31. The van der Waals surface area contributed by atoms with Crippen LogP contribution in [0.2, 0.25) is 0 Å². The molecule has 138 valence electrons. The topological polar surface area (TPSA) is 45.7 Å². The van der Waals surface area contributed by atoms with Crippen LogP contribution in [-0.2, 0) is 0 Å². The molecule has 1 aliphatic rings. The van der Waals surface area contributed by atoms with Gasteiger partial charge < -0.3 is 15.4 Å². The molecule has 0 bridgehead atoms. The van der Waals surface area contributed by atoms with Gasteiger partial charge in [0.15, 0.2) is 0 Å². The second-order valence-electron chi connectivity index (χ2n) is 6.66. The van der Waals surface area contributed by atoms with Crippen molar-refractivity contribution in [1.82, 2.24) is 10.6 Å². The molecule has 0 aliphatic carbocycles. The number of benzene rings is 1. The molecule has 1 aromatic rings. The highest BCUT2D eigenvalue weighted by Crippen LogP contribution is 2.22. The summed E-state index contributed by atoms with van der Waals surface area (Å²) in [5, 5.41) is 6.59. The summed E-state index contributed by atoms with van der Waals surface area (Å²) in [5.74, 6) is 1.81. The fourth-order valence-corrected chi connectivity index (χ4v) is 2.34. The molecule has 4 heteroatoms. The Bertz CT molecular complexity index is 742. The highest BCUT2D eigenvalue weighted by Gasteiger charge is 2.22. The van der Waals surface area contributed by atoms with Gasteiger partial charge in [-0.3, -0.25) is 0 Å². The molecule has 1 aliphatic heterocycles. The monoisotopic (exact) mass is 351 g/mol. The Balaban J connectivity index is 2.23. The Labute approximate surface area is 157 Å². The Kier molecular flexibility index (Phi) is 6.84. The van der Waals surface area contributed by atoms with Crippen LogP contribution in [0, 0.1) is 5.92 Å². The lowest BCUT2D eigenvalue weighted by Gasteiger charge is -2.21. The first-order valence-electron chi connectivity index (χ1n) is 9.06. The Morgan fingerprint density at radius 3 is 2.58 bits per heavy atom. The fraction of sp³-hybridized carbons (Fsp3) is 0.318. The Hall–Kier alpha value is -2.75. The molecule has 0 amide bonds. The molecule has 2 N–H and O–H groups in total. The van der Waals surface area contributed by atoms with Gasteiger partial charge in [-0.15, -0.1) is 0 Å². The van der Waals surface area contributed by atoms with E-state index >= 15 is 0 Å². The molecule has 0 saturated carbocycles. The molecule has 0 fully saturated rings. The molecular weight excluding hydrogens is 322 g/mol. The summed E-state index contributed by atoms with van der Waals surface area (Å²) in [6.07, 6.45) is 4.66. The van der Waals surface area contributed by atoms with Crippen LogP contribution in [0.1, 0.15) is 34.1 Å². The number of nitrogens with zero attached hydrogens (tertiary/aromatic N) is 1. The lowest BCUT2D eigenvalue weighted by atomic mass is 10.0. The van der Waals surface area contributed by atoms with Crippen molar-refractivity contribution in [2.24, 2.45) is 10.9 Å². The summed E-state index contributed by atoms with van der Waals surface area (Å²) in [6.45, 7) is 16.8. The van der Waals surface area contributed by atoms with Crippen molar-refractivity contribution in [3.8, 4) is 5.75 Å². The van der Waals surface area contributed by atoms with Gasteiger partial charge in [0, 0.05) is 23.5 Å². The average molecular weight is 351 g/mol. The van der Waals surface area contributed by atoms with Crippen LogP contribution < -0.4 is 15.4 Å². The number of ether oxygens (including phenoxy) is 1. The van der Waals surface area contributed by atoms with Crippen LogP contribution in [-0.4, -0.2) is 11.8 Å². The van der Waals surface area contributed by atoms with Gasteiger partial charge in [-0.1, -0.05) is 52.1 Å². The summed E-state index contributed by atoms with van der Waals surface area (Å²) < 4.78 is 5.94. The summed E-state index contributed by atoms with van der Waals surface area (Å²) in [6, 6.07) is 9.96. The second-order valence-corrected chi connectivity index (χ2v) is 6.66. The maximum Gasteiger partial charge on any atom is 0.215 e. The van der Waals surface area contributed by atoms with Gasteiger partial charge in [0.25, 0.3) is 0 Å². The number of hydrogen-bond donors (Lipinski definition) is 2. The molecule has 0 unspecified atom stereocenters. The highest BCUT2D eigenvalue weighted by atomic mass is 16.5. The van der Waals surface area contributed by atoms with Gasteiger partial charge in [0.1, 0.15) is 11.5 Å². The van der Waals surface area contributed by atoms with E-state index in [0.29, 0.717) is 17.8 Å². The molecule has 0 radical (unpaired) electrons. The predicted molar refractivity (Wildman–Crippen MR) is 110 cm³/mol. The maximum absolute atomic E-state index is 5.94. The highest BCUT2D eigenvalue weighted by molar-refractivity contribution is 6.16. The summed E-state index contributed by atoms with van der Waals surface area (Å²) in [4.78, 5) is 4.72. The van der Waals surface area contributed by atoms with E-state index in [4.69, 9.17) is 9.73 Å². The van der Waals surface area contributed by atoms with E-state index < -0.39 is 0 Å². The van der Waals surface area contributed by atoms with Crippen molar-refractivity contribution in [1.29, 1.82) is 0 Å². The van der Waals surface area contributed by atoms with Gasteiger partial charge in [0.05, 0.1) is 5.70 Å². The number of aliphatic imine (C=N–C) groups is 1. The van der Waals surface area contributed by atoms with Gasteiger partial charge in [-0.2, -0.15) is 0 Å². The van der Waals surface area contributed by atoms with Crippen molar-refractivity contribution < 1.29 is 4.74 Å². The summed E-state index contributed by atoms with van der Waals surface area (Å²) in [5.41, 5.74) is 3.21. The summed E-state index contributed by atoms with van der Waals surface area (Å²) >= 11 is 0. The Morgan fingerprint density at radius 1 is 1.27 bits per heavy atom. The van der Waals surface area contributed by atoms with Crippen molar-refractivity contribution in [3.63, 3.8) is 0 Å². The van der Waals surface area contributed by atoms with Gasteiger partial charge >= 0.3 is 0 Å². The molecule has 0 aromatic heterocycles. The van der Waals surface area contributed by atoms with Gasteiger partial charge in [-0.05, 0) is 37.5 Å².